The maximum Gasteiger partial charge on any atom is 0.226 e. The molecule has 2 aromatic rings. The summed E-state index contributed by atoms with van der Waals surface area (Å²) in [4.78, 5) is 15.2. The van der Waals surface area contributed by atoms with Gasteiger partial charge in [-0.1, -0.05) is 31.5 Å². The van der Waals surface area contributed by atoms with Crippen LogP contribution in [-0.2, 0) is 4.79 Å². The van der Waals surface area contributed by atoms with Crippen LogP contribution in [0.3, 0.4) is 0 Å². The Kier molecular flexibility index (Phi) is 7.61. The van der Waals surface area contributed by atoms with Gasteiger partial charge >= 0.3 is 0 Å². The number of anilines is 1. The van der Waals surface area contributed by atoms with Gasteiger partial charge in [0.15, 0.2) is 5.82 Å². The summed E-state index contributed by atoms with van der Waals surface area (Å²) >= 11 is 0. The molecule has 35 heavy (non-hydrogen) atoms. The number of nitrogens with zero attached hydrogens (tertiary/aromatic N) is 5. The zero-order valence-corrected chi connectivity index (χ0v) is 22.1. The Balaban J connectivity index is 1.58. The maximum atomic E-state index is 13.2. The van der Waals surface area contributed by atoms with E-state index in [-0.39, 0.29) is 24.4 Å². The number of rotatable bonds is 10. The zero-order valence-electron chi connectivity index (χ0n) is 22.1. The van der Waals surface area contributed by atoms with Crippen molar-refractivity contribution in [3.63, 3.8) is 0 Å². The average Bonchev–Trinajstić information content (AvgIpc) is 3.53. The minimum Gasteiger partial charge on any atom is -0.326 e. The van der Waals surface area contributed by atoms with Gasteiger partial charge < -0.3 is 9.88 Å². The second-order valence-electron chi connectivity index (χ2n) is 11.2. The van der Waals surface area contributed by atoms with E-state index in [1.54, 1.807) is 0 Å². The van der Waals surface area contributed by atoms with Crippen LogP contribution in [0.4, 0.5) is 5.69 Å². The number of aromatic nitrogens is 3. The summed E-state index contributed by atoms with van der Waals surface area (Å²) in [5.41, 5.74) is 3.03. The Hall–Kier alpha value is -2.72. The van der Waals surface area contributed by atoms with E-state index in [1.807, 2.05) is 44.9 Å². The third kappa shape index (κ3) is 5.75. The lowest BCUT2D eigenvalue weighted by Gasteiger charge is -2.36. The van der Waals surface area contributed by atoms with Crippen molar-refractivity contribution in [3.05, 3.63) is 41.0 Å². The number of carbonyl (C=O) groups excluding carboxylic acids is 1. The molecule has 2 atom stereocenters. The number of amides is 1. The number of aryl methyl sites for hydroxylation is 2. The van der Waals surface area contributed by atoms with Crippen molar-refractivity contribution in [1.29, 1.82) is 5.26 Å². The first kappa shape index (κ1) is 25.4. The molecule has 2 aliphatic carbocycles. The van der Waals surface area contributed by atoms with Gasteiger partial charge in [-0.3, -0.25) is 9.69 Å². The number of hydrogen-bond acceptors (Lipinski definition) is 5. The fourth-order valence-electron chi connectivity index (χ4n) is 5.44. The summed E-state index contributed by atoms with van der Waals surface area (Å²) in [6.45, 7) is 10.5. The molecule has 2 aliphatic rings. The highest BCUT2D eigenvalue weighted by molar-refractivity contribution is 5.92. The average molecular weight is 477 g/mol. The highest BCUT2D eigenvalue weighted by Gasteiger charge is 2.40. The normalized spacial score (nSPS) is 21.5. The molecule has 188 valence electrons. The monoisotopic (exact) mass is 476 g/mol. The predicted octanol–water partition coefficient (Wildman–Crippen LogP) is 5.68. The van der Waals surface area contributed by atoms with E-state index < -0.39 is 0 Å². The van der Waals surface area contributed by atoms with Crippen LogP contribution in [0.2, 0.25) is 0 Å². The smallest absolute Gasteiger partial charge is 0.226 e. The molecule has 0 radical (unpaired) electrons. The quantitative estimate of drug-likeness (QED) is 0.476. The molecule has 7 nitrogen and oxygen atoms in total. The lowest BCUT2D eigenvalue weighted by Crippen LogP contribution is -2.36. The molecule has 0 bridgehead atoms. The van der Waals surface area contributed by atoms with Gasteiger partial charge in [0.05, 0.1) is 18.2 Å². The molecule has 7 heteroatoms. The van der Waals surface area contributed by atoms with Crippen LogP contribution in [0.5, 0.6) is 0 Å². The Morgan fingerprint density at radius 1 is 1.23 bits per heavy atom. The Morgan fingerprint density at radius 2 is 1.94 bits per heavy atom. The Morgan fingerprint density at radius 3 is 2.54 bits per heavy atom. The zero-order chi connectivity index (χ0) is 25.3. The van der Waals surface area contributed by atoms with Gasteiger partial charge in [0.2, 0.25) is 5.91 Å². The van der Waals surface area contributed by atoms with Crippen LogP contribution in [0, 0.1) is 37.0 Å². The second kappa shape index (κ2) is 10.5. The molecule has 0 aliphatic heterocycles. The summed E-state index contributed by atoms with van der Waals surface area (Å²) < 4.78 is 2.33. The Bertz CT molecular complexity index is 1090. The third-order valence-corrected chi connectivity index (χ3v) is 7.69. The van der Waals surface area contributed by atoms with Gasteiger partial charge in [0.25, 0.3) is 0 Å². The largest absolute Gasteiger partial charge is 0.326 e. The van der Waals surface area contributed by atoms with Crippen LogP contribution >= 0.6 is 0 Å². The van der Waals surface area contributed by atoms with Crippen LogP contribution < -0.4 is 5.32 Å². The van der Waals surface area contributed by atoms with E-state index in [0.29, 0.717) is 12.0 Å². The lowest BCUT2D eigenvalue weighted by atomic mass is 9.71. The maximum absolute atomic E-state index is 13.2. The minimum atomic E-state index is -0.346. The fraction of sp³-hybridized carbons (Fsp3) is 0.643. The first-order valence-electron chi connectivity index (χ1n) is 13.1. The van der Waals surface area contributed by atoms with Crippen LogP contribution in [-0.4, -0.2) is 38.7 Å². The molecule has 1 N–H and O–H groups in total. The molecule has 1 aromatic heterocycles. The summed E-state index contributed by atoms with van der Waals surface area (Å²) in [6, 6.07) is 8.10. The molecule has 4 rings (SSSR count). The van der Waals surface area contributed by atoms with E-state index in [1.165, 1.54) is 19.3 Å². The molecular formula is C28H40N6O. The molecular weight excluding hydrogens is 436 g/mol. The van der Waals surface area contributed by atoms with Gasteiger partial charge in [-0.05, 0) is 83.4 Å². The summed E-state index contributed by atoms with van der Waals surface area (Å²) in [6.07, 6.45) is 6.08. The molecule has 1 unspecified atom stereocenters. The molecule has 0 spiro atoms. The number of nitrogens with one attached hydrogen (secondary N) is 1. The molecule has 1 aromatic carbocycles. The minimum absolute atomic E-state index is 0.0773. The van der Waals surface area contributed by atoms with Gasteiger partial charge in [-0.2, -0.15) is 5.26 Å². The van der Waals surface area contributed by atoms with Crippen LogP contribution in [0.15, 0.2) is 18.2 Å². The first-order valence-corrected chi connectivity index (χ1v) is 13.1. The van der Waals surface area contributed by atoms with Crippen molar-refractivity contribution in [1.82, 2.24) is 19.7 Å². The molecule has 2 fully saturated rings. The van der Waals surface area contributed by atoms with Crippen molar-refractivity contribution < 1.29 is 4.79 Å². The van der Waals surface area contributed by atoms with Crippen LogP contribution in [0.1, 0.15) is 100 Å². The molecule has 1 amide bonds. The molecule has 0 saturated heterocycles. The second-order valence-corrected chi connectivity index (χ2v) is 11.2. The fourth-order valence-corrected chi connectivity index (χ4v) is 5.44. The van der Waals surface area contributed by atoms with Crippen molar-refractivity contribution >= 4 is 11.6 Å². The summed E-state index contributed by atoms with van der Waals surface area (Å²) in [7, 11) is 1.91. The van der Waals surface area contributed by atoms with Crippen molar-refractivity contribution in [2.45, 2.75) is 97.2 Å². The highest BCUT2D eigenvalue weighted by Crippen LogP contribution is 2.48. The van der Waals surface area contributed by atoms with Gasteiger partial charge in [0, 0.05) is 24.1 Å². The number of hydrogen-bond donors (Lipinski definition) is 1. The van der Waals surface area contributed by atoms with E-state index >= 15 is 0 Å². The van der Waals surface area contributed by atoms with Crippen molar-refractivity contribution in [2.24, 2.45) is 11.8 Å². The summed E-state index contributed by atoms with van der Waals surface area (Å²) in [5.74, 6) is 3.78. The van der Waals surface area contributed by atoms with E-state index in [0.717, 1.165) is 53.1 Å². The molecule has 1 heterocycles. The van der Waals surface area contributed by atoms with E-state index in [2.05, 4.69) is 46.1 Å². The topological polar surface area (TPSA) is 86.8 Å². The van der Waals surface area contributed by atoms with Crippen molar-refractivity contribution in [3.8, 4) is 6.07 Å². The van der Waals surface area contributed by atoms with E-state index in [4.69, 9.17) is 0 Å². The van der Waals surface area contributed by atoms with Gasteiger partial charge in [0.1, 0.15) is 5.82 Å². The van der Waals surface area contributed by atoms with Gasteiger partial charge in [-0.25, -0.2) is 0 Å². The lowest BCUT2D eigenvalue weighted by molar-refractivity contribution is -0.117. The Labute approximate surface area is 209 Å². The SMILES string of the molecule is Cc1ccc(NC(=O)C[C@@H](c2nnc(C3CC(CC(C)C)C3)n2C2CC2)N(C)C(C)C#N)c(C)c1. The number of benzene rings is 1. The predicted molar refractivity (Wildman–Crippen MR) is 138 cm³/mol. The van der Waals surface area contributed by atoms with E-state index in [9.17, 15) is 10.1 Å². The highest BCUT2D eigenvalue weighted by atomic mass is 16.1. The standard InChI is InChI=1S/C28H40N6O/c1-17(2)11-21-13-22(14-21)27-31-32-28(34(27)23-8-9-23)25(33(6)20(5)16-29)15-26(35)30-24-10-7-18(3)12-19(24)4/h7,10,12,17,20-23,25H,8-9,11,13-15H2,1-6H3,(H,30,35)/t20?,21?,22?,25-/m0/s1. The number of nitriles is 1. The van der Waals surface area contributed by atoms with Crippen LogP contribution in [0.25, 0.3) is 0 Å². The molecule has 2 saturated carbocycles. The summed E-state index contributed by atoms with van der Waals surface area (Å²) in [5, 5.41) is 22.1. The van der Waals surface area contributed by atoms with Crippen molar-refractivity contribution in [2.75, 3.05) is 12.4 Å². The number of carbonyl (C=O) groups is 1. The first-order chi connectivity index (χ1) is 16.7. The third-order valence-electron chi connectivity index (χ3n) is 7.69. The van der Waals surface area contributed by atoms with Gasteiger partial charge in [-0.15, -0.1) is 10.2 Å².